The first-order valence-corrected chi connectivity index (χ1v) is 10.7. The van der Waals surface area contributed by atoms with Crippen LogP contribution in [-0.4, -0.2) is 57.8 Å². The van der Waals surface area contributed by atoms with Gasteiger partial charge in [0.25, 0.3) is 5.91 Å². The van der Waals surface area contributed by atoms with Gasteiger partial charge in [-0.2, -0.15) is 8.78 Å². The van der Waals surface area contributed by atoms with E-state index in [0.29, 0.717) is 19.8 Å². The summed E-state index contributed by atoms with van der Waals surface area (Å²) in [6.45, 7) is 3.08. The van der Waals surface area contributed by atoms with Crippen molar-refractivity contribution in [3.8, 4) is 0 Å². The van der Waals surface area contributed by atoms with Crippen LogP contribution in [0.4, 0.5) is 8.78 Å². The average Bonchev–Trinajstić information content (AvgIpc) is 2.75. The molecule has 2 aromatic rings. The van der Waals surface area contributed by atoms with E-state index in [4.69, 9.17) is 4.74 Å². The van der Waals surface area contributed by atoms with Crippen molar-refractivity contribution in [2.45, 2.75) is 16.7 Å². The summed E-state index contributed by atoms with van der Waals surface area (Å²) in [5.41, 5.74) is 1.26. The zero-order chi connectivity index (χ0) is 20.9. The second-order valence-corrected chi connectivity index (χ2v) is 8.53. The standard InChI is InChI=1S/C20H22F2N2O4S/c21-20(22)29(26,27)17-8-6-16(7-9-17)19(25)23-14-18(15-4-2-1-3-5-15)24-10-12-28-13-11-24/h1-9,18,20H,10-14H2,(H,23,25)/t18-/m0/s1. The van der Waals surface area contributed by atoms with Crippen molar-refractivity contribution < 1.29 is 26.7 Å². The van der Waals surface area contributed by atoms with Crippen molar-refractivity contribution in [3.05, 3.63) is 65.7 Å². The minimum atomic E-state index is -4.68. The number of nitrogens with one attached hydrogen (secondary N) is 1. The van der Waals surface area contributed by atoms with Gasteiger partial charge in [-0.3, -0.25) is 9.69 Å². The normalized spacial score (nSPS) is 16.5. The van der Waals surface area contributed by atoms with Crippen molar-refractivity contribution in [3.63, 3.8) is 0 Å². The topological polar surface area (TPSA) is 75.7 Å². The number of halogens is 2. The highest BCUT2D eigenvalue weighted by Gasteiger charge is 2.27. The summed E-state index contributed by atoms with van der Waals surface area (Å²) in [5, 5.41) is 2.86. The number of hydrogen-bond acceptors (Lipinski definition) is 5. The number of nitrogens with zero attached hydrogens (tertiary/aromatic N) is 1. The van der Waals surface area contributed by atoms with Crippen molar-refractivity contribution in [2.75, 3.05) is 32.8 Å². The summed E-state index contributed by atoms with van der Waals surface area (Å²) >= 11 is 0. The molecule has 1 saturated heterocycles. The van der Waals surface area contributed by atoms with E-state index in [1.807, 2.05) is 30.3 Å². The summed E-state index contributed by atoms with van der Waals surface area (Å²) in [4.78, 5) is 14.2. The van der Waals surface area contributed by atoms with Gasteiger partial charge in [-0.25, -0.2) is 8.42 Å². The molecule has 0 unspecified atom stereocenters. The summed E-state index contributed by atoms with van der Waals surface area (Å²) < 4.78 is 53.6. The first kappa shape index (κ1) is 21.4. The van der Waals surface area contributed by atoms with Gasteiger partial charge in [0.15, 0.2) is 0 Å². The lowest BCUT2D eigenvalue weighted by molar-refractivity contribution is 0.0162. The highest BCUT2D eigenvalue weighted by atomic mass is 32.2. The van der Waals surface area contributed by atoms with Crippen LogP contribution in [0.2, 0.25) is 0 Å². The highest BCUT2D eigenvalue weighted by molar-refractivity contribution is 7.91. The summed E-state index contributed by atoms with van der Waals surface area (Å²) in [6, 6.07) is 14.3. The van der Waals surface area contributed by atoms with E-state index in [0.717, 1.165) is 30.8 Å². The second-order valence-electron chi connectivity index (χ2n) is 6.61. The molecule has 1 aliphatic rings. The van der Waals surface area contributed by atoms with Crippen LogP contribution in [0.15, 0.2) is 59.5 Å². The molecule has 3 rings (SSSR count). The Balaban J connectivity index is 1.70. The summed E-state index contributed by atoms with van der Waals surface area (Å²) in [7, 11) is -4.68. The van der Waals surface area contributed by atoms with Crippen LogP contribution in [0.5, 0.6) is 0 Å². The predicted molar refractivity (Wildman–Crippen MR) is 104 cm³/mol. The van der Waals surface area contributed by atoms with Gasteiger partial charge in [0, 0.05) is 25.2 Å². The number of rotatable bonds is 7. The van der Waals surface area contributed by atoms with Crippen LogP contribution >= 0.6 is 0 Å². The Kier molecular flexibility index (Phi) is 6.94. The van der Waals surface area contributed by atoms with E-state index in [1.165, 1.54) is 12.1 Å². The molecule has 6 nitrogen and oxygen atoms in total. The molecule has 0 bridgehead atoms. The van der Waals surface area contributed by atoms with Crippen molar-refractivity contribution in [1.82, 2.24) is 10.2 Å². The van der Waals surface area contributed by atoms with Gasteiger partial charge in [0.2, 0.25) is 9.84 Å². The van der Waals surface area contributed by atoms with Crippen molar-refractivity contribution >= 4 is 15.7 Å². The van der Waals surface area contributed by atoms with Gasteiger partial charge < -0.3 is 10.1 Å². The van der Waals surface area contributed by atoms with E-state index >= 15 is 0 Å². The molecular weight excluding hydrogens is 402 g/mol. The Morgan fingerprint density at radius 1 is 1.03 bits per heavy atom. The molecule has 2 aromatic carbocycles. The SMILES string of the molecule is O=C(NC[C@@H](c1ccccc1)N1CCOCC1)c1ccc(S(=O)(=O)C(F)F)cc1. The van der Waals surface area contributed by atoms with E-state index in [2.05, 4.69) is 10.2 Å². The molecule has 0 aromatic heterocycles. The molecule has 1 atom stereocenters. The van der Waals surface area contributed by atoms with Gasteiger partial charge in [-0.05, 0) is 29.8 Å². The first-order valence-electron chi connectivity index (χ1n) is 9.16. The maximum absolute atomic E-state index is 12.6. The molecule has 1 amide bonds. The molecule has 0 radical (unpaired) electrons. The number of hydrogen-bond donors (Lipinski definition) is 1. The van der Waals surface area contributed by atoms with Gasteiger partial charge in [0.05, 0.1) is 24.2 Å². The Labute approximate surface area is 168 Å². The molecule has 9 heteroatoms. The van der Waals surface area contributed by atoms with Crippen LogP contribution in [-0.2, 0) is 14.6 Å². The van der Waals surface area contributed by atoms with E-state index in [-0.39, 0.29) is 11.6 Å². The summed E-state index contributed by atoms with van der Waals surface area (Å²) in [5.74, 6) is -3.90. The van der Waals surface area contributed by atoms with Gasteiger partial charge >= 0.3 is 5.76 Å². The molecular formula is C20H22F2N2O4S. The number of carbonyl (C=O) groups excluding carboxylic acids is 1. The molecule has 156 valence electrons. The molecule has 0 spiro atoms. The molecule has 1 aliphatic heterocycles. The number of alkyl halides is 2. The lowest BCUT2D eigenvalue weighted by atomic mass is 10.0. The zero-order valence-corrected chi connectivity index (χ0v) is 16.4. The number of carbonyl (C=O) groups is 1. The van der Waals surface area contributed by atoms with Gasteiger partial charge in [-0.1, -0.05) is 30.3 Å². The second kappa shape index (κ2) is 9.43. The molecule has 1 heterocycles. The average molecular weight is 424 g/mol. The number of amides is 1. The minimum absolute atomic E-state index is 0.0393. The maximum Gasteiger partial charge on any atom is 0.341 e. The van der Waals surface area contributed by atoms with Crippen LogP contribution in [0.25, 0.3) is 0 Å². The van der Waals surface area contributed by atoms with Crippen LogP contribution in [0.3, 0.4) is 0 Å². The zero-order valence-electron chi connectivity index (χ0n) is 15.6. The molecule has 0 saturated carbocycles. The smallest absolute Gasteiger partial charge is 0.341 e. The lowest BCUT2D eigenvalue weighted by Gasteiger charge is -2.35. The highest BCUT2D eigenvalue weighted by Crippen LogP contribution is 2.22. The fraction of sp³-hybridized carbons (Fsp3) is 0.350. The Morgan fingerprint density at radius 2 is 1.66 bits per heavy atom. The fourth-order valence-corrected chi connectivity index (χ4v) is 3.93. The number of ether oxygens (including phenoxy) is 1. The Bertz CT molecular complexity index is 915. The summed E-state index contributed by atoms with van der Waals surface area (Å²) in [6.07, 6.45) is 0. The number of sulfone groups is 1. The van der Waals surface area contributed by atoms with Crippen LogP contribution in [0, 0.1) is 0 Å². The molecule has 29 heavy (non-hydrogen) atoms. The van der Waals surface area contributed by atoms with Gasteiger partial charge in [0.1, 0.15) is 0 Å². The Morgan fingerprint density at radius 3 is 2.24 bits per heavy atom. The fourth-order valence-electron chi connectivity index (χ4n) is 3.21. The van der Waals surface area contributed by atoms with Crippen LogP contribution < -0.4 is 5.32 Å². The number of benzene rings is 2. The number of morpholine rings is 1. The largest absolute Gasteiger partial charge is 0.379 e. The Hall–Kier alpha value is -2.36. The first-order chi connectivity index (χ1) is 13.9. The van der Waals surface area contributed by atoms with E-state index in [9.17, 15) is 22.0 Å². The van der Waals surface area contributed by atoms with Crippen LogP contribution in [0.1, 0.15) is 22.0 Å². The third-order valence-electron chi connectivity index (χ3n) is 4.81. The van der Waals surface area contributed by atoms with E-state index in [1.54, 1.807) is 0 Å². The molecule has 0 aliphatic carbocycles. The quantitative estimate of drug-likeness (QED) is 0.739. The third-order valence-corrected chi connectivity index (χ3v) is 6.20. The monoisotopic (exact) mass is 424 g/mol. The van der Waals surface area contributed by atoms with E-state index < -0.39 is 26.4 Å². The predicted octanol–water partition coefficient (Wildman–Crippen LogP) is 2.49. The molecule has 1 fully saturated rings. The minimum Gasteiger partial charge on any atom is -0.379 e. The maximum atomic E-state index is 12.6. The lowest BCUT2D eigenvalue weighted by Crippen LogP contribution is -2.43. The van der Waals surface area contributed by atoms with Crippen molar-refractivity contribution in [1.29, 1.82) is 0 Å². The van der Waals surface area contributed by atoms with Gasteiger partial charge in [-0.15, -0.1) is 0 Å². The van der Waals surface area contributed by atoms with Crippen molar-refractivity contribution in [2.24, 2.45) is 0 Å². The molecule has 1 N–H and O–H groups in total. The third kappa shape index (κ3) is 5.17.